The number of halogens is 2. The Morgan fingerprint density at radius 2 is 1.97 bits per heavy atom. The highest BCUT2D eigenvalue weighted by Crippen LogP contribution is 2.33. The first-order valence-electron chi connectivity index (χ1n) is 13.2. The second-order valence-electron chi connectivity index (χ2n) is 9.82. The fraction of sp³-hybridized carbons (Fsp3) is 0.643. The van der Waals surface area contributed by atoms with Crippen molar-refractivity contribution >= 4 is 24.4 Å². The van der Waals surface area contributed by atoms with Gasteiger partial charge in [0.1, 0.15) is 5.75 Å². The summed E-state index contributed by atoms with van der Waals surface area (Å²) in [6.45, 7) is 8.12. The van der Waals surface area contributed by atoms with Crippen LogP contribution in [0.5, 0.6) is 5.75 Å². The van der Waals surface area contributed by atoms with E-state index in [-0.39, 0.29) is 5.75 Å². The normalized spacial score (nSPS) is 18.4. The Morgan fingerprint density at radius 1 is 1.24 bits per heavy atom. The summed E-state index contributed by atoms with van der Waals surface area (Å²) in [5.74, 6) is -1.64. The van der Waals surface area contributed by atoms with Crippen LogP contribution in [-0.4, -0.2) is 67.7 Å². The SMILES string of the molecule is C=NC1=C(SCC(C)(F)F)CCN(CCC2CCCCC2)C1.CO.NC(=O)c1cccc2c1OCCC2. The molecule has 1 fully saturated rings. The highest BCUT2D eigenvalue weighted by Gasteiger charge is 2.25. The predicted octanol–water partition coefficient (Wildman–Crippen LogP) is 5.68. The first kappa shape index (κ1) is 31.2. The van der Waals surface area contributed by atoms with Crippen LogP contribution in [0.2, 0.25) is 0 Å². The molecule has 0 atom stereocenters. The lowest BCUT2D eigenvalue weighted by Crippen LogP contribution is -2.33. The summed E-state index contributed by atoms with van der Waals surface area (Å²) in [6.07, 6.45) is 11.0. The molecule has 6 nitrogen and oxygen atoms in total. The molecule has 1 aromatic carbocycles. The number of aliphatic imine (C=N–C) groups is 1. The van der Waals surface area contributed by atoms with Gasteiger partial charge in [-0.2, -0.15) is 0 Å². The second kappa shape index (κ2) is 16.1. The first-order chi connectivity index (χ1) is 17.8. The van der Waals surface area contributed by atoms with Gasteiger partial charge in [-0.3, -0.25) is 14.7 Å². The summed E-state index contributed by atoms with van der Waals surface area (Å²) >= 11 is 1.25. The number of nitrogens with zero attached hydrogens (tertiary/aromatic N) is 2. The van der Waals surface area contributed by atoms with Gasteiger partial charge in [-0.1, -0.05) is 44.2 Å². The minimum absolute atomic E-state index is 0.163. The molecule has 0 spiro atoms. The Morgan fingerprint density at radius 3 is 2.62 bits per heavy atom. The lowest BCUT2D eigenvalue weighted by Gasteiger charge is -2.31. The summed E-state index contributed by atoms with van der Waals surface area (Å²) in [4.78, 5) is 18.5. The van der Waals surface area contributed by atoms with Gasteiger partial charge in [0, 0.05) is 32.0 Å². The molecule has 0 radical (unpaired) electrons. The lowest BCUT2D eigenvalue weighted by atomic mass is 9.87. The molecule has 0 aromatic heterocycles. The van der Waals surface area contributed by atoms with Crippen molar-refractivity contribution in [3.63, 3.8) is 0 Å². The Kier molecular flexibility index (Phi) is 13.6. The van der Waals surface area contributed by atoms with Crippen LogP contribution in [0.3, 0.4) is 0 Å². The minimum Gasteiger partial charge on any atom is -0.492 e. The number of fused-ring (bicyclic) bond motifs is 1. The van der Waals surface area contributed by atoms with Crippen LogP contribution in [0, 0.1) is 5.92 Å². The van der Waals surface area contributed by atoms with Crippen molar-refractivity contribution in [2.45, 2.75) is 70.6 Å². The number of para-hydroxylation sites is 1. The average molecular weight is 540 g/mol. The molecule has 9 heteroatoms. The number of primary amides is 1. The van der Waals surface area contributed by atoms with E-state index in [4.69, 9.17) is 15.6 Å². The molecule has 0 unspecified atom stereocenters. The number of aryl methyl sites for hydroxylation is 1. The number of thioether (sulfide) groups is 1. The van der Waals surface area contributed by atoms with Crippen LogP contribution in [-0.2, 0) is 6.42 Å². The molecule has 1 aromatic rings. The average Bonchev–Trinajstić information content (AvgIpc) is 2.92. The molecular formula is C28H43F2N3O3S. The molecule has 0 saturated heterocycles. The molecule has 1 saturated carbocycles. The number of aliphatic hydroxyl groups excluding tert-OH is 1. The van der Waals surface area contributed by atoms with Gasteiger partial charge in [0.2, 0.25) is 0 Å². The van der Waals surface area contributed by atoms with Crippen LogP contribution in [0.4, 0.5) is 8.78 Å². The molecule has 208 valence electrons. The van der Waals surface area contributed by atoms with E-state index in [9.17, 15) is 13.6 Å². The summed E-state index contributed by atoms with van der Waals surface area (Å²) in [5.41, 5.74) is 7.71. The van der Waals surface area contributed by atoms with Gasteiger partial charge in [-0.05, 0) is 56.5 Å². The number of carbonyl (C=O) groups excluding carboxylic acids is 1. The second-order valence-corrected chi connectivity index (χ2v) is 10.9. The van der Waals surface area contributed by atoms with Crippen molar-refractivity contribution in [3.8, 4) is 5.75 Å². The Bertz CT molecular complexity index is 899. The molecule has 3 aliphatic rings. The van der Waals surface area contributed by atoms with Gasteiger partial charge < -0.3 is 15.6 Å². The van der Waals surface area contributed by atoms with Gasteiger partial charge in [-0.15, -0.1) is 11.8 Å². The maximum absolute atomic E-state index is 13.0. The number of carbonyl (C=O) groups is 1. The fourth-order valence-corrected chi connectivity index (χ4v) is 5.86. The number of aliphatic hydroxyl groups is 1. The summed E-state index contributed by atoms with van der Waals surface area (Å²) in [7, 11) is 1.00. The monoisotopic (exact) mass is 539 g/mol. The van der Waals surface area contributed by atoms with Gasteiger partial charge in [0.05, 0.1) is 23.6 Å². The highest BCUT2D eigenvalue weighted by molar-refractivity contribution is 8.03. The Balaban J connectivity index is 0.000000272. The number of hydrogen-bond acceptors (Lipinski definition) is 6. The summed E-state index contributed by atoms with van der Waals surface area (Å²) in [5, 5.41) is 7.00. The summed E-state index contributed by atoms with van der Waals surface area (Å²) < 4.78 is 31.4. The lowest BCUT2D eigenvalue weighted by molar-refractivity contribution is 0.0493. The molecule has 37 heavy (non-hydrogen) atoms. The molecule has 1 aliphatic carbocycles. The van der Waals surface area contributed by atoms with Gasteiger partial charge in [0.25, 0.3) is 11.8 Å². The summed E-state index contributed by atoms with van der Waals surface area (Å²) in [6, 6.07) is 5.51. The Hall–Kier alpha value is -1.97. The molecule has 2 aliphatic heterocycles. The smallest absolute Gasteiger partial charge is 0.254 e. The number of ether oxygens (including phenoxy) is 1. The van der Waals surface area contributed by atoms with E-state index in [1.165, 1.54) is 50.3 Å². The van der Waals surface area contributed by atoms with Crippen LogP contribution in [0.15, 0.2) is 33.8 Å². The zero-order chi connectivity index (χ0) is 27.3. The fourth-order valence-electron chi connectivity index (χ4n) is 4.91. The van der Waals surface area contributed by atoms with Crippen molar-refractivity contribution in [2.24, 2.45) is 16.6 Å². The van der Waals surface area contributed by atoms with Crippen LogP contribution >= 0.6 is 11.8 Å². The third kappa shape index (κ3) is 10.7. The van der Waals surface area contributed by atoms with Crippen molar-refractivity contribution in [1.29, 1.82) is 0 Å². The quantitative estimate of drug-likeness (QED) is 0.415. The van der Waals surface area contributed by atoms with Crippen LogP contribution < -0.4 is 10.5 Å². The zero-order valence-corrected chi connectivity index (χ0v) is 23.1. The molecule has 3 N–H and O–H groups in total. The van der Waals surface area contributed by atoms with E-state index < -0.39 is 11.8 Å². The number of nitrogens with two attached hydrogens (primary N) is 1. The predicted molar refractivity (Wildman–Crippen MR) is 149 cm³/mol. The third-order valence-corrected chi connectivity index (χ3v) is 8.26. The molecule has 1 amide bonds. The molecular weight excluding hydrogens is 496 g/mol. The first-order valence-corrected chi connectivity index (χ1v) is 14.2. The molecule has 4 rings (SSSR count). The highest BCUT2D eigenvalue weighted by atomic mass is 32.2. The minimum atomic E-state index is -2.62. The van der Waals surface area contributed by atoms with Crippen LogP contribution in [0.25, 0.3) is 0 Å². The zero-order valence-electron chi connectivity index (χ0n) is 22.3. The number of amides is 1. The van der Waals surface area contributed by atoms with E-state index in [2.05, 4.69) is 16.6 Å². The van der Waals surface area contributed by atoms with Gasteiger partial charge in [-0.25, -0.2) is 8.78 Å². The van der Waals surface area contributed by atoms with E-state index in [0.29, 0.717) is 17.9 Å². The number of rotatable bonds is 8. The van der Waals surface area contributed by atoms with Crippen molar-refractivity contribution in [1.82, 2.24) is 4.90 Å². The van der Waals surface area contributed by atoms with E-state index >= 15 is 0 Å². The molecule has 2 heterocycles. The van der Waals surface area contributed by atoms with Crippen LogP contribution in [0.1, 0.15) is 74.2 Å². The topological polar surface area (TPSA) is 88.1 Å². The standard InChI is InChI=1S/C17H28F2N2S.C10H11NO2.CH4O/c1-17(18,19)13-22-16-9-11-21(12-15(16)20-2)10-8-14-6-4-3-5-7-14;11-10(12)8-5-1-3-7-4-2-6-13-9(7)8;1-2/h14H,2-13H2,1H3;1,3,5H,2,4,6H2,(H2,11,12);2H,1H3. The van der Waals surface area contributed by atoms with E-state index in [1.54, 1.807) is 6.07 Å². The third-order valence-electron chi connectivity index (χ3n) is 6.82. The number of benzene rings is 1. The number of alkyl halides is 2. The van der Waals surface area contributed by atoms with Crippen molar-refractivity contribution < 1.29 is 23.4 Å². The maximum Gasteiger partial charge on any atom is 0.254 e. The molecule has 0 bridgehead atoms. The number of hydrogen-bond donors (Lipinski definition) is 2. The largest absolute Gasteiger partial charge is 0.492 e. The van der Waals surface area contributed by atoms with Gasteiger partial charge in [0.15, 0.2) is 0 Å². The van der Waals surface area contributed by atoms with Gasteiger partial charge >= 0.3 is 0 Å². The van der Waals surface area contributed by atoms with E-state index in [1.807, 2.05) is 12.1 Å². The van der Waals surface area contributed by atoms with E-state index in [0.717, 1.165) is 75.0 Å². The van der Waals surface area contributed by atoms with Crippen molar-refractivity contribution in [3.05, 3.63) is 39.9 Å². The maximum atomic E-state index is 13.0. The Labute approximate surface area is 224 Å². The van der Waals surface area contributed by atoms with Crippen molar-refractivity contribution in [2.75, 3.05) is 39.1 Å².